The molecule has 1 aromatic carbocycles. The molecule has 0 fully saturated rings. The summed E-state index contributed by atoms with van der Waals surface area (Å²) in [5, 5.41) is 14.3. The van der Waals surface area contributed by atoms with Crippen molar-refractivity contribution < 1.29 is 9.50 Å². The van der Waals surface area contributed by atoms with E-state index in [0.717, 1.165) is 22.3 Å². The number of aromatic nitrogens is 4. The van der Waals surface area contributed by atoms with Crippen LogP contribution in [0.3, 0.4) is 0 Å². The maximum atomic E-state index is 13.5. The van der Waals surface area contributed by atoms with Gasteiger partial charge in [0, 0.05) is 30.1 Å². The number of rotatable bonds is 5. The molecule has 0 aliphatic heterocycles. The zero-order valence-electron chi connectivity index (χ0n) is 13.4. The lowest BCUT2D eigenvalue weighted by Gasteiger charge is -2.14. The molecule has 1 atom stereocenters. The highest BCUT2D eigenvalue weighted by atomic mass is 79.9. The van der Waals surface area contributed by atoms with Crippen molar-refractivity contribution in [2.45, 2.75) is 33.0 Å². The van der Waals surface area contributed by atoms with Gasteiger partial charge in [-0.1, -0.05) is 0 Å². The first-order chi connectivity index (χ1) is 11.5. The van der Waals surface area contributed by atoms with Gasteiger partial charge in [0.2, 0.25) is 0 Å². The summed E-state index contributed by atoms with van der Waals surface area (Å²) in [6.07, 6.45) is 4.59. The highest BCUT2D eigenvalue weighted by Gasteiger charge is 2.16. The van der Waals surface area contributed by atoms with Gasteiger partial charge in [0.1, 0.15) is 16.2 Å². The van der Waals surface area contributed by atoms with Gasteiger partial charge in [-0.15, -0.1) is 0 Å². The molecule has 126 valence electrons. The maximum absolute atomic E-state index is 13.5. The number of benzene rings is 1. The second kappa shape index (κ2) is 6.86. The Bertz CT molecular complexity index is 856. The van der Waals surface area contributed by atoms with Crippen LogP contribution in [0.4, 0.5) is 4.39 Å². The van der Waals surface area contributed by atoms with E-state index in [1.165, 1.54) is 12.1 Å². The predicted molar refractivity (Wildman–Crippen MR) is 93.0 cm³/mol. The Kier molecular flexibility index (Phi) is 4.82. The standard InChI is InChI=1S/C17H18BrFN4O/c1-3-23-16(18)12(9-21-23)10-22-7-6-20-17(22)14-5-4-13(19)8-15(14)11(2)24/h4-9,11,24H,3,10H2,1-2H3. The molecule has 0 amide bonds. The van der Waals surface area contributed by atoms with Crippen molar-refractivity contribution in [2.75, 3.05) is 0 Å². The second-order valence-corrected chi connectivity index (χ2v) is 6.31. The van der Waals surface area contributed by atoms with Crippen molar-refractivity contribution in [3.05, 3.63) is 58.3 Å². The summed E-state index contributed by atoms with van der Waals surface area (Å²) in [6.45, 7) is 5.00. The maximum Gasteiger partial charge on any atom is 0.140 e. The van der Waals surface area contributed by atoms with Crippen LogP contribution in [0.15, 0.2) is 41.4 Å². The topological polar surface area (TPSA) is 55.9 Å². The molecule has 5 nitrogen and oxygen atoms in total. The van der Waals surface area contributed by atoms with Crippen LogP contribution in [0.5, 0.6) is 0 Å². The lowest BCUT2D eigenvalue weighted by molar-refractivity contribution is 0.199. The van der Waals surface area contributed by atoms with Gasteiger partial charge in [-0.3, -0.25) is 4.68 Å². The number of nitrogens with zero attached hydrogens (tertiary/aromatic N) is 4. The van der Waals surface area contributed by atoms with Gasteiger partial charge in [0.05, 0.1) is 18.8 Å². The predicted octanol–water partition coefficient (Wildman–Crippen LogP) is 3.77. The second-order valence-electron chi connectivity index (χ2n) is 5.56. The molecule has 0 spiro atoms. The van der Waals surface area contributed by atoms with E-state index in [1.54, 1.807) is 19.2 Å². The minimum absolute atomic E-state index is 0.375. The zero-order valence-corrected chi connectivity index (χ0v) is 15.0. The number of hydrogen-bond donors (Lipinski definition) is 1. The summed E-state index contributed by atoms with van der Waals surface area (Å²) in [7, 11) is 0. The molecule has 2 aromatic heterocycles. The molecule has 0 saturated heterocycles. The summed E-state index contributed by atoms with van der Waals surface area (Å²) in [5.41, 5.74) is 2.26. The van der Waals surface area contributed by atoms with Crippen LogP contribution < -0.4 is 0 Å². The highest BCUT2D eigenvalue weighted by Crippen LogP contribution is 2.29. The third-order valence-corrected chi connectivity index (χ3v) is 4.82. The summed E-state index contributed by atoms with van der Waals surface area (Å²) < 4.78 is 18.3. The molecule has 0 bridgehead atoms. The lowest BCUT2D eigenvalue weighted by Crippen LogP contribution is -2.05. The summed E-state index contributed by atoms with van der Waals surface area (Å²) in [6, 6.07) is 4.38. The van der Waals surface area contributed by atoms with Crippen molar-refractivity contribution in [3.8, 4) is 11.4 Å². The van der Waals surface area contributed by atoms with Gasteiger partial charge in [-0.2, -0.15) is 5.10 Å². The molecule has 24 heavy (non-hydrogen) atoms. The van der Waals surface area contributed by atoms with Gasteiger partial charge in [-0.05, 0) is 53.5 Å². The molecule has 3 rings (SSSR count). The summed E-state index contributed by atoms with van der Waals surface area (Å²) in [4.78, 5) is 4.40. The van der Waals surface area contributed by atoms with Gasteiger partial charge in [-0.25, -0.2) is 9.37 Å². The van der Waals surface area contributed by atoms with Crippen LogP contribution in [0.1, 0.15) is 31.1 Å². The monoisotopic (exact) mass is 392 g/mol. The molecule has 0 radical (unpaired) electrons. The van der Waals surface area contributed by atoms with Crippen molar-refractivity contribution in [1.29, 1.82) is 0 Å². The van der Waals surface area contributed by atoms with Gasteiger partial charge < -0.3 is 9.67 Å². The lowest BCUT2D eigenvalue weighted by atomic mass is 10.0. The summed E-state index contributed by atoms with van der Waals surface area (Å²) in [5.74, 6) is 0.307. The minimum atomic E-state index is -0.782. The SMILES string of the molecule is CCn1ncc(Cn2ccnc2-c2ccc(F)cc2C(C)O)c1Br. The molecule has 0 saturated carbocycles. The molecule has 2 heterocycles. The molecule has 0 aliphatic carbocycles. The van der Waals surface area contributed by atoms with Gasteiger partial charge in [0.15, 0.2) is 0 Å². The zero-order chi connectivity index (χ0) is 17.3. The number of imidazole rings is 1. The first-order valence-corrected chi connectivity index (χ1v) is 8.49. The van der Waals surface area contributed by atoms with E-state index in [0.29, 0.717) is 17.9 Å². The molecule has 0 aliphatic rings. The number of halogens is 2. The smallest absolute Gasteiger partial charge is 0.140 e. The largest absolute Gasteiger partial charge is 0.389 e. The van der Waals surface area contributed by atoms with E-state index in [9.17, 15) is 9.50 Å². The Morgan fingerprint density at radius 2 is 2.17 bits per heavy atom. The number of aliphatic hydroxyl groups is 1. The van der Waals surface area contributed by atoms with Crippen molar-refractivity contribution in [2.24, 2.45) is 0 Å². The van der Waals surface area contributed by atoms with Crippen LogP contribution >= 0.6 is 15.9 Å². The Morgan fingerprint density at radius 3 is 2.83 bits per heavy atom. The first kappa shape index (κ1) is 16.9. The Balaban J connectivity index is 2.01. The van der Waals surface area contributed by atoms with Crippen LogP contribution in [-0.4, -0.2) is 24.4 Å². The molecular weight excluding hydrogens is 375 g/mol. The molecular formula is C17H18BrFN4O. The van der Waals surface area contributed by atoms with Crippen molar-refractivity contribution in [3.63, 3.8) is 0 Å². The Labute approximate surface area is 147 Å². The normalized spacial score (nSPS) is 12.5. The molecule has 7 heteroatoms. The quantitative estimate of drug-likeness (QED) is 0.718. The average Bonchev–Trinajstić information content (AvgIpc) is 3.15. The van der Waals surface area contributed by atoms with Crippen LogP contribution in [0.25, 0.3) is 11.4 Å². The Hall–Kier alpha value is -1.99. The number of aryl methyl sites for hydroxylation is 1. The van der Waals surface area contributed by atoms with E-state index < -0.39 is 6.10 Å². The minimum Gasteiger partial charge on any atom is -0.389 e. The van der Waals surface area contributed by atoms with E-state index in [2.05, 4.69) is 26.0 Å². The van der Waals surface area contributed by atoms with E-state index in [-0.39, 0.29) is 5.82 Å². The van der Waals surface area contributed by atoms with Crippen molar-refractivity contribution in [1.82, 2.24) is 19.3 Å². The summed E-state index contributed by atoms with van der Waals surface area (Å²) >= 11 is 3.56. The fourth-order valence-corrected chi connectivity index (χ4v) is 3.25. The molecule has 1 N–H and O–H groups in total. The molecule has 3 aromatic rings. The fraction of sp³-hybridized carbons (Fsp3) is 0.294. The van der Waals surface area contributed by atoms with Gasteiger partial charge >= 0.3 is 0 Å². The van der Waals surface area contributed by atoms with Crippen LogP contribution in [0, 0.1) is 5.82 Å². The number of hydrogen-bond acceptors (Lipinski definition) is 3. The first-order valence-electron chi connectivity index (χ1n) is 7.70. The highest BCUT2D eigenvalue weighted by molar-refractivity contribution is 9.10. The fourth-order valence-electron chi connectivity index (χ4n) is 2.68. The Morgan fingerprint density at radius 1 is 1.38 bits per heavy atom. The average molecular weight is 393 g/mol. The molecule has 1 unspecified atom stereocenters. The number of aliphatic hydroxyl groups excluding tert-OH is 1. The van der Waals surface area contributed by atoms with E-state index >= 15 is 0 Å². The van der Waals surface area contributed by atoms with E-state index in [1.807, 2.05) is 28.6 Å². The van der Waals surface area contributed by atoms with Gasteiger partial charge in [0.25, 0.3) is 0 Å². The third-order valence-electron chi connectivity index (χ3n) is 3.90. The van der Waals surface area contributed by atoms with Crippen LogP contribution in [-0.2, 0) is 13.1 Å². The third kappa shape index (κ3) is 3.14. The van der Waals surface area contributed by atoms with Crippen LogP contribution in [0.2, 0.25) is 0 Å². The van der Waals surface area contributed by atoms with Crippen molar-refractivity contribution >= 4 is 15.9 Å². The van der Waals surface area contributed by atoms with E-state index in [4.69, 9.17) is 0 Å².